The number of rotatable bonds is 2. The van der Waals surface area contributed by atoms with Gasteiger partial charge in [-0.2, -0.15) is 5.26 Å². The fourth-order valence-electron chi connectivity index (χ4n) is 2.17. The van der Waals surface area contributed by atoms with Crippen LogP contribution in [0.25, 0.3) is 16.7 Å². The molecule has 104 valence electrons. The normalized spacial score (nSPS) is 10.5. The van der Waals surface area contributed by atoms with Crippen molar-refractivity contribution in [3.05, 3.63) is 41.9 Å². The van der Waals surface area contributed by atoms with E-state index in [-0.39, 0.29) is 16.9 Å². The van der Waals surface area contributed by atoms with Crippen LogP contribution < -0.4 is 5.73 Å². The van der Waals surface area contributed by atoms with Crippen LogP contribution in [0, 0.1) is 11.3 Å². The molecule has 7 heteroatoms. The first kappa shape index (κ1) is 12.7. The van der Waals surface area contributed by atoms with E-state index in [0.717, 1.165) is 5.39 Å². The summed E-state index contributed by atoms with van der Waals surface area (Å²) in [6, 6.07) is 7.30. The van der Waals surface area contributed by atoms with E-state index in [0.29, 0.717) is 11.3 Å². The Morgan fingerprint density at radius 2 is 2.33 bits per heavy atom. The number of nitrogens with zero attached hydrogens (tertiary/aromatic N) is 3. The highest BCUT2D eigenvalue weighted by Crippen LogP contribution is 2.28. The molecule has 0 spiro atoms. The minimum absolute atomic E-state index is 0.0702. The number of fused-ring (bicyclic) bond motifs is 1. The SMILES string of the molecule is COC(=O)c1c(N)c(C#N)cn1-c1cccc2cnoc12. The Kier molecular flexibility index (Phi) is 2.84. The number of benzene rings is 1. The van der Waals surface area contributed by atoms with Crippen LogP contribution in [0.1, 0.15) is 16.1 Å². The third-order valence-electron chi connectivity index (χ3n) is 3.16. The molecule has 0 fully saturated rings. The maximum absolute atomic E-state index is 12.0. The molecule has 7 nitrogen and oxygen atoms in total. The second-order valence-corrected chi connectivity index (χ2v) is 4.30. The molecule has 0 bridgehead atoms. The first-order chi connectivity index (χ1) is 10.2. The highest BCUT2D eigenvalue weighted by atomic mass is 16.5. The summed E-state index contributed by atoms with van der Waals surface area (Å²) in [6.07, 6.45) is 3.04. The van der Waals surface area contributed by atoms with Gasteiger partial charge in [-0.3, -0.25) is 0 Å². The average Bonchev–Trinajstić information content (AvgIpc) is 3.10. The van der Waals surface area contributed by atoms with Crippen molar-refractivity contribution >= 4 is 22.6 Å². The Hall–Kier alpha value is -3.27. The van der Waals surface area contributed by atoms with Crippen molar-refractivity contribution in [2.24, 2.45) is 0 Å². The van der Waals surface area contributed by atoms with Crippen molar-refractivity contribution in [1.29, 1.82) is 5.26 Å². The maximum atomic E-state index is 12.0. The van der Waals surface area contributed by atoms with Gasteiger partial charge in [0.2, 0.25) is 0 Å². The highest BCUT2D eigenvalue weighted by molar-refractivity contribution is 5.97. The summed E-state index contributed by atoms with van der Waals surface area (Å²) in [5.41, 5.74) is 7.24. The van der Waals surface area contributed by atoms with Crippen LogP contribution in [-0.2, 0) is 4.74 Å². The lowest BCUT2D eigenvalue weighted by Gasteiger charge is -2.08. The molecule has 0 aliphatic heterocycles. The van der Waals surface area contributed by atoms with E-state index >= 15 is 0 Å². The van der Waals surface area contributed by atoms with E-state index in [1.54, 1.807) is 18.3 Å². The van der Waals surface area contributed by atoms with E-state index < -0.39 is 5.97 Å². The van der Waals surface area contributed by atoms with E-state index in [4.69, 9.17) is 20.3 Å². The van der Waals surface area contributed by atoms with Crippen molar-refractivity contribution < 1.29 is 14.1 Å². The average molecular weight is 282 g/mol. The minimum atomic E-state index is -0.634. The monoisotopic (exact) mass is 282 g/mol. The molecule has 3 aromatic rings. The molecule has 0 atom stereocenters. The van der Waals surface area contributed by atoms with Crippen LogP contribution in [0.5, 0.6) is 0 Å². The summed E-state index contributed by atoms with van der Waals surface area (Å²) in [4.78, 5) is 12.0. The fraction of sp³-hybridized carbons (Fsp3) is 0.0714. The number of ether oxygens (including phenoxy) is 1. The van der Waals surface area contributed by atoms with Gasteiger partial charge in [-0.1, -0.05) is 11.2 Å². The van der Waals surface area contributed by atoms with E-state index in [2.05, 4.69) is 5.16 Å². The van der Waals surface area contributed by atoms with E-state index in [1.807, 2.05) is 12.1 Å². The highest BCUT2D eigenvalue weighted by Gasteiger charge is 2.23. The van der Waals surface area contributed by atoms with Gasteiger partial charge in [-0.05, 0) is 12.1 Å². The molecule has 0 aliphatic rings. The Labute approximate surface area is 119 Å². The summed E-state index contributed by atoms with van der Waals surface area (Å²) < 4.78 is 11.4. The molecular weight excluding hydrogens is 272 g/mol. The molecule has 2 aromatic heterocycles. The largest absolute Gasteiger partial charge is 0.464 e. The van der Waals surface area contributed by atoms with Gasteiger partial charge < -0.3 is 19.6 Å². The first-order valence-corrected chi connectivity index (χ1v) is 6.00. The maximum Gasteiger partial charge on any atom is 0.357 e. The smallest absolute Gasteiger partial charge is 0.357 e. The van der Waals surface area contributed by atoms with Crippen molar-refractivity contribution in [3.63, 3.8) is 0 Å². The molecule has 2 heterocycles. The molecule has 21 heavy (non-hydrogen) atoms. The number of para-hydroxylation sites is 1. The third-order valence-corrected chi connectivity index (χ3v) is 3.16. The lowest BCUT2D eigenvalue weighted by atomic mass is 10.2. The topological polar surface area (TPSA) is 107 Å². The van der Waals surface area contributed by atoms with Crippen LogP contribution in [-0.4, -0.2) is 22.8 Å². The number of methoxy groups -OCH3 is 1. The number of hydrogen-bond donors (Lipinski definition) is 1. The summed E-state index contributed by atoms with van der Waals surface area (Å²) in [5, 5.41) is 13.6. The number of nitrogens with two attached hydrogens (primary N) is 1. The third kappa shape index (κ3) is 1.81. The van der Waals surface area contributed by atoms with Crippen molar-refractivity contribution in [1.82, 2.24) is 9.72 Å². The van der Waals surface area contributed by atoms with Crippen molar-refractivity contribution in [3.8, 4) is 11.8 Å². The molecule has 0 unspecified atom stereocenters. The van der Waals surface area contributed by atoms with Gasteiger partial charge in [-0.15, -0.1) is 0 Å². The number of aromatic nitrogens is 2. The number of carbonyl (C=O) groups excluding carboxylic acids is 1. The van der Waals surface area contributed by atoms with Gasteiger partial charge in [0.15, 0.2) is 11.3 Å². The number of anilines is 1. The van der Waals surface area contributed by atoms with Gasteiger partial charge in [0.05, 0.1) is 30.2 Å². The number of carbonyl (C=O) groups is 1. The molecule has 0 radical (unpaired) electrons. The number of nitrogen functional groups attached to an aromatic ring is 1. The molecule has 1 aromatic carbocycles. The second kappa shape index (κ2) is 4.68. The zero-order valence-corrected chi connectivity index (χ0v) is 11.0. The van der Waals surface area contributed by atoms with Crippen LogP contribution in [0.15, 0.2) is 35.1 Å². The molecule has 0 saturated heterocycles. The van der Waals surface area contributed by atoms with Gasteiger partial charge in [-0.25, -0.2) is 4.79 Å². The summed E-state index contributed by atoms with van der Waals surface area (Å²) in [6.45, 7) is 0. The number of hydrogen-bond acceptors (Lipinski definition) is 6. The van der Waals surface area contributed by atoms with Crippen LogP contribution in [0.2, 0.25) is 0 Å². The Balaban J connectivity index is 2.35. The molecule has 0 aliphatic carbocycles. The van der Waals surface area contributed by atoms with E-state index in [1.165, 1.54) is 17.9 Å². The van der Waals surface area contributed by atoms with Crippen molar-refractivity contribution in [2.45, 2.75) is 0 Å². The number of nitriles is 1. The zero-order valence-electron chi connectivity index (χ0n) is 11.0. The van der Waals surface area contributed by atoms with Gasteiger partial charge in [0.25, 0.3) is 0 Å². The predicted molar refractivity (Wildman–Crippen MR) is 73.8 cm³/mol. The predicted octanol–water partition coefficient (Wildman–Crippen LogP) is 1.86. The van der Waals surface area contributed by atoms with Gasteiger partial charge in [0, 0.05) is 11.6 Å². The minimum Gasteiger partial charge on any atom is -0.464 e. The van der Waals surface area contributed by atoms with Crippen LogP contribution >= 0.6 is 0 Å². The Bertz CT molecular complexity index is 885. The molecule has 2 N–H and O–H groups in total. The Morgan fingerprint density at radius 1 is 1.52 bits per heavy atom. The first-order valence-electron chi connectivity index (χ1n) is 6.00. The lowest BCUT2D eigenvalue weighted by molar-refractivity contribution is 0.0593. The number of esters is 1. The fourth-order valence-corrected chi connectivity index (χ4v) is 2.17. The molecule has 3 rings (SSSR count). The lowest BCUT2D eigenvalue weighted by Crippen LogP contribution is -2.11. The van der Waals surface area contributed by atoms with Crippen LogP contribution in [0.4, 0.5) is 5.69 Å². The Morgan fingerprint density at radius 3 is 3.05 bits per heavy atom. The van der Waals surface area contributed by atoms with Gasteiger partial charge in [0.1, 0.15) is 6.07 Å². The van der Waals surface area contributed by atoms with Crippen LogP contribution in [0.3, 0.4) is 0 Å². The van der Waals surface area contributed by atoms with E-state index in [9.17, 15) is 4.79 Å². The summed E-state index contributed by atoms with van der Waals surface area (Å²) in [5.74, 6) is -0.634. The molecule has 0 saturated carbocycles. The molecule has 0 amide bonds. The second-order valence-electron chi connectivity index (χ2n) is 4.30. The standard InChI is InChI=1S/C14H10N4O3/c1-20-14(19)12-11(16)9(5-15)7-18(12)10-4-2-3-8-6-17-21-13(8)10/h2-4,6-7H,16H2,1H3. The zero-order chi connectivity index (χ0) is 15.0. The van der Waals surface area contributed by atoms with Gasteiger partial charge >= 0.3 is 5.97 Å². The van der Waals surface area contributed by atoms with Crippen molar-refractivity contribution in [2.75, 3.05) is 12.8 Å². The molecular formula is C14H10N4O3. The quantitative estimate of drug-likeness (QED) is 0.719. The summed E-state index contributed by atoms with van der Waals surface area (Å²) >= 11 is 0. The summed E-state index contributed by atoms with van der Waals surface area (Å²) in [7, 11) is 1.25.